The van der Waals surface area contributed by atoms with Gasteiger partial charge in [-0.2, -0.15) is 5.10 Å². The first-order valence-electron chi connectivity index (χ1n) is 7.88. The zero-order valence-electron chi connectivity index (χ0n) is 13.3. The molecule has 0 N–H and O–H groups in total. The van der Waals surface area contributed by atoms with Gasteiger partial charge < -0.3 is 4.52 Å². The Labute approximate surface area is 143 Å². The zero-order valence-corrected chi connectivity index (χ0v) is 13.3. The minimum atomic E-state index is -0.327. The van der Waals surface area contributed by atoms with Crippen molar-refractivity contribution in [3.63, 3.8) is 0 Å². The summed E-state index contributed by atoms with van der Waals surface area (Å²) < 4.78 is 19.9. The first kappa shape index (κ1) is 15.3. The van der Waals surface area contributed by atoms with E-state index in [1.807, 2.05) is 42.5 Å². The van der Waals surface area contributed by atoms with Crippen LogP contribution in [0, 0.1) is 5.82 Å². The lowest BCUT2D eigenvalue weighted by Gasteiger charge is -2.03. The number of rotatable bonds is 5. The minimum Gasteiger partial charge on any atom is -0.356 e. The number of hydrogen-bond acceptors (Lipinski definition) is 4. The maximum absolute atomic E-state index is 13.0. The van der Waals surface area contributed by atoms with Crippen molar-refractivity contribution >= 4 is 0 Å². The van der Waals surface area contributed by atoms with Crippen molar-refractivity contribution in [1.29, 1.82) is 0 Å². The van der Waals surface area contributed by atoms with Gasteiger partial charge in [-0.1, -0.05) is 29.4 Å². The van der Waals surface area contributed by atoms with Crippen molar-refractivity contribution in [2.45, 2.75) is 13.0 Å². The topological polar surface area (TPSA) is 56.7 Å². The summed E-state index contributed by atoms with van der Waals surface area (Å²) in [6, 6.07) is 13.8. The van der Waals surface area contributed by atoms with E-state index in [1.165, 1.54) is 12.4 Å². The molecule has 0 aliphatic rings. The molecule has 0 aliphatic carbocycles. The fourth-order valence-corrected chi connectivity index (χ4v) is 2.62. The fourth-order valence-electron chi connectivity index (χ4n) is 2.62. The van der Waals surface area contributed by atoms with Crippen LogP contribution in [0.4, 0.5) is 4.39 Å². The molecule has 3 heterocycles. The maximum atomic E-state index is 13.0. The molecule has 0 spiro atoms. The van der Waals surface area contributed by atoms with Crippen molar-refractivity contribution < 1.29 is 8.91 Å². The van der Waals surface area contributed by atoms with Gasteiger partial charge >= 0.3 is 0 Å². The van der Waals surface area contributed by atoms with Gasteiger partial charge in [-0.05, 0) is 23.3 Å². The summed E-state index contributed by atoms with van der Waals surface area (Å²) in [4.78, 5) is 4.08. The monoisotopic (exact) mass is 334 g/mol. The Hall–Kier alpha value is -3.28. The second kappa shape index (κ2) is 6.68. The third kappa shape index (κ3) is 3.63. The quantitative estimate of drug-likeness (QED) is 0.558. The van der Waals surface area contributed by atoms with Crippen molar-refractivity contribution in [2.24, 2.45) is 0 Å². The van der Waals surface area contributed by atoms with E-state index in [1.54, 1.807) is 17.1 Å². The number of hydrogen-bond donors (Lipinski definition) is 0. The highest BCUT2D eigenvalue weighted by Gasteiger charge is 2.08. The van der Waals surface area contributed by atoms with Gasteiger partial charge in [-0.3, -0.25) is 9.67 Å². The lowest BCUT2D eigenvalue weighted by atomic mass is 10.1. The molecule has 1 aromatic carbocycles. The second-order valence-corrected chi connectivity index (χ2v) is 5.77. The lowest BCUT2D eigenvalue weighted by Crippen LogP contribution is -2.00. The van der Waals surface area contributed by atoms with Crippen molar-refractivity contribution in [1.82, 2.24) is 19.9 Å². The minimum absolute atomic E-state index is 0.327. The molecule has 0 unspecified atom stereocenters. The Balaban J connectivity index is 1.44. The molecule has 4 rings (SSSR count). The van der Waals surface area contributed by atoms with Crippen molar-refractivity contribution in [3.05, 3.63) is 89.9 Å². The largest absolute Gasteiger partial charge is 0.356 e. The number of nitrogens with zero attached hydrogens (tertiary/aromatic N) is 4. The summed E-state index contributed by atoms with van der Waals surface area (Å²) in [5.74, 6) is 0.382. The Bertz CT molecular complexity index is 961. The van der Waals surface area contributed by atoms with Gasteiger partial charge in [0.1, 0.15) is 0 Å². The van der Waals surface area contributed by atoms with Gasteiger partial charge in [0.25, 0.3) is 0 Å². The van der Waals surface area contributed by atoms with Crippen LogP contribution >= 0.6 is 0 Å². The number of pyridine rings is 1. The molecule has 124 valence electrons. The number of halogens is 1. The summed E-state index contributed by atoms with van der Waals surface area (Å²) in [5, 5.41) is 8.07. The third-order valence-corrected chi connectivity index (χ3v) is 3.86. The van der Waals surface area contributed by atoms with Gasteiger partial charge in [0.05, 0.1) is 24.6 Å². The third-order valence-electron chi connectivity index (χ3n) is 3.86. The average molecular weight is 334 g/mol. The summed E-state index contributed by atoms with van der Waals surface area (Å²) in [6.45, 7) is 0.541. The smallest absolute Gasteiger partial charge is 0.168 e. The highest BCUT2D eigenvalue weighted by atomic mass is 19.1. The van der Waals surface area contributed by atoms with Gasteiger partial charge in [0, 0.05) is 30.4 Å². The van der Waals surface area contributed by atoms with Crippen LogP contribution in [0.5, 0.6) is 0 Å². The van der Waals surface area contributed by atoms with E-state index in [-0.39, 0.29) is 5.82 Å². The van der Waals surface area contributed by atoms with E-state index in [0.717, 1.165) is 22.4 Å². The summed E-state index contributed by atoms with van der Waals surface area (Å²) in [7, 11) is 0. The Kier molecular flexibility index (Phi) is 4.08. The molecule has 0 fully saturated rings. The maximum Gasteiger partial charge on any atom is 0.168 e. The van der Waals surface area contributed by atoms with E-state index >= 15 is 0 Å². The van der Waals surface area contributed by atoms with Crippen molar-refractivity contribution in [2.75, 3.05) is 0 Å². The van der Waals surface area contributed by atoms with E-state index < -0.39 is 0 Å². The van der Waals surface area contributed by atoms with E-state index in [0.29, 0.717) is 18.7 Å². The molecule has 25 heavy (non-hydrogen) atoms. The molecule has 4 aromatic rings. The summed E-state index contributed by atoms with van der Waals surface area (Å²) in [5.41, 5.74) is 3.95. The first-order chi connectivity index (χ1) is 12.3. The second-order valence-electron chi connectivity index (χ2n) is 5.77. The molecule has 6 heteroatoms. The van der Waals surface area contributed by atoms with Crippen LogP contribution in [0.3, 0.4) is 0 Å². The molecule has 5 nitrogen and oxygen atoms in total. The Morgan fingerprint density at radius 1 is 1.04 bits per heavy atom. The molecular weight excluding hydrogens is 319 g/mol. The predicted octanol–water partition coefficient (Wildman–Crippen LogP) is 3.71. The molecule has 0 amide bonds. The van der Waals surface area contributed by atoms with Crippen LogP contribution in [0.25, 0.3) is 11.3 Å². The van der Waals surface area contributed by atoms with E-state index in [4.69, 9.17) is 4.52 Å². The Morgan fingerprint density at radius 2 is 1.88 bits per heavy atom. The summed E-state index contributed by atoms with van der Waals surface area (Å²) in [6.07, 6.45) is 6.74. The zero-order chi connectivity index (χ0) is 17.1. The van der Waals surface area contributed by atoms with Crippen LogP contribution in [0.2, 0.25) is 0 Å². The van der Waals surface area contributed by atoms with Crippen molar-refractivity contribution in [3.8, 4) is 11.3 Å². The fraction of sp³-hybridized carbons (Fsp3) is 0.105. The molecule has 0 saturated carbocycles. The van der Waals surface area contributed by atoms with Gasteiger partial charge in [0.15, 0.2) is 11.6 Å². The highest BCUT2D eigenvalue weighted by Crippen LogP contribution is 2.20. The standard InChI is InChI=1S/C19H15FN4O/c20-17-11-22-24(13-17)12-15-5-3-14(4-6-15)8-18-9-19(25-23-18)16-2-1-7-21-10-16/h1-7,9-11,13H,8,12H2. The van der Waals surface area contributed by atoms with E-state index in [9.17, 15) is 4.39 Å². The van der Waals surface area contributed by atoms with Gasteiger partial charge in [0.2, 0.25) is 0 Å². The lowest BCUT2D eigenvalue weighted by molar-refractivity contribution is 0.425. The van der Waals surface area contributed by atoms with E-state index in [2.05, 4.69) is 15.2 Å². The molecule has 0 aliphatic heterocycles. The van der Waals surface area contributed by atoms with Crippen LogP contribution in [0.1, 0.15) is 16.8 Å². The normalized spacial score (nSPS) is 10.9. The number of aromatic nitrogens is 4. The molecule has 0 bridgehead atoms. The SMILES string of the molecule is Fc1cnn(Cc2ccc(Cc3cc(-c4cccnc4)on3)cc2)c1. The van der Waals surface area contributed by atoms with Crippen LogP contribution in [-0.2, 0) is 13.0 Å². The molecule has 0 atom stereocenters. The van der Waals surface area contributed by atoms with Crippen LogP contribution in [0.15, 0.2) is 71.8 Å². The van der Waals surface area contributed by atoms with Crippen LogP contribution < -0.4 is 0 Å². The van der Waals surface area contributed by atoms with Crippen LogP contribution in [-0.4, -0.2) is 19.9 Å². The predicted molar refractivity (Wildman–Crippen MR) is 90.3 cm³/mol. The molecular formula is C19H15FN4O. The van der Waals surface area contributed by atoms with Gasteiger partial charge in [-0.25, -0.2) is 4.39 Å². The van der Waals surface area contributed by atoms with Gasteiger partial charge in [-0.15, -0.1) is 0 Å². The molecule has 3 aromatic heterocycles. The first-order valence-corrected chi connectivity index (χ1v) is 7.88. The molecule has 0 radical (unpaired) electrons. The average Bonchev–Trinajstić information content (AvgIpc) is 3.27. The highest BCUT2D eigenvalue weighted by molar-refractivity contribution is 5.55. The Morgan fingerprint density at radius 3 is 2.60 bits per heavy atom. The molecule has 0 saturated heterocycles. The summed E-state index contributed by atoms with van der Waals surface area (Å²) >= 11 is 0. The number of benzene rings is 1.